The van der Waals surface area contributed by atoms with Crippen molar-refractivity contribution in [3.05, 3.63) is 41.7 Å². The molecule has 1 amide bonds. The lowest BCUT2D eigenvalue weighted by atomic mass is 9.70. The number of likely N-dealkylation sites (tertiary alicyclic amines) is 2. The van der Waals surface area contributed by atoms with Crippen molar-refractivity contribution in [2.45, 2.75) is 50.5 Å². The molecule has 3 aliphatic heterocycles. The van der Waals surface area contributed by atoms with E-state index in [4.69, 9.17) is 29.3 Å². The minimum absolute atomic E-state index is 0.170. The molecule has 3 fully saturated rings. The molecule has 1 spiro atoms. The monoisotopic (exact) mass is 650 g/mol. The first kappa shape index (κ1) is 33.9. The molecule has 248 valence electrons. The van der Waals surface area contributed by atoms with Crippen molar-refractivity contribution in [1.82, 2.24) is 19.6 Å². The summed E-state index contributed by atoms with van der Waals surface area (Å²) in [4.78, 5) is 36.3. The average molecular weight is 651 g/mol. The largest absolute Gasteiger partial charge is 0.490 e. The van der Waals surface area contributed by atoms with Crippen LogP contribution < -0.4 is 9.47 Å². The van der Waals surface area contributed by atoms with Crippen molar-refractivity contribution in [1.29, 1.82) is 0 Å². The van der Waals surface area contributed by atoms with Crippen LogP contribution >= 0.6 is 0 Å². The minimum atomic E-state index is -5.08. The van der Waals surface area contributed by atoms with E-state index in [1.807, 2.05) is 24.0 Å². The number of carboxylic acid groups (broad SMARTS) is 2. The van der Waals surface area contributed by atoms with Crippen LogP contribution in [-0.2, 0) is 28.0 Å². The van der Waals surface area contributed by atoms with Gasteiger partial charge in [0, 0.05) is 57.6 Å². The van der Waals surface area contributed by atoms with E-state index in [0.717, 1.165) is 63.0 Å². The normalized spacial score (nSPS) is 22.9. The molecular weight excluding hydrogens is 618 g/mol. The van der Waals surface area contributed by atoms with Crippen molar-refractivity contribution < 1.29 is 60.4 Å². The molecule has 1 aromatic heterocycles. The minimum Gasteiger partial charge on any atom is -0.475 e. The number of aryl methyl sites for hydroxylation is 1. The van der Waals surface area contributed by atoms with Gasteiger partial charge in [-0.05, 0) is 55.4 Å². The third-order valence-corrected chi connectivity index (χ3v) is 8.10. The number of fused-ring (bicyclic) bond motifs is 1. The Kier molecular flexibility index (Phi) is 9.89. The summed E-state index contributed by atoms with van der Waals surface area (Å²) < 4.78 is 76.5. The highest BCUT2D eigenvalue weighted by Crippen LogP contribution is 2.50. The second-order valence-corrected chi connectivity index (χ2v) is 11.3. The van der Waals surface area contributed by atoms with Gasteiger partial charge in [0.2, 0.25) is 12.7 Å². The van der Waals surface area contributed by atoms with Gasteiger partial charge in [-0.15, -0.1) is 0 Å². The van der Waals surface area contributed by atoms with E-state index < -0.39 is 24.3 Å². The van der Waals surface area contributed by atoms with E-state index in [2.05, 4.69) is 33.1 Å². The fraction of sp³-hybridized carbons (Fsp3) is 0.571. The molecule has 0 radical (unpaired) electrons. The number of amides is 1. The number of hydrogen-bond donors (Lipinski definition) is 2. The SMILES string of the molecule is Cn1nccc1[C@@H]1CN(Cc2ccc3c(c2)OCO3)C[C@]12CCCN(CC1CC1)C2=O.O=C(O)C(F)(F)F.O=C(O)C(F)(F)F. The molecule has 1 aromatic carbocycles. The summed E-state index contributed by atoms with van der Waals surface area (Å²) in [6, 6.07) is 8.28. The zero-order chi connectivity index (χ0) is 33.2. The van der Waals surface area contributed by atoms with Crippen molar-refractivity contribution in [3.8, 4) is 11.5 Å². The van der Waals surface area contributed by atoms with Crippen molar-refractivity contribution >= 4 is 17.8 Å². The van der Waals surface area contributed by atoms with Gasteiger partial charge in [-0.1, -0.05) is 6.07 Å². The van der Waals surface area contributed by atoms with Crippen LogP contribution in [0.5, 0.6) is 11.5 Å². The lowest BCUT2D eigenvalue weighted by molar-refractivity contribution is -0.193. The van der Waals surface area contributed by atoms with E-state index in [1.165, 1.54) is 24.1 Å². The van der Waals surface area contributed by atoms with Gasteiger partial charge in [0.1, 0.15) is 0 Å². The zero-order valence-corrected chi connectivity index (χ0v) is 24.1. The number of carbonyl (C=O) groups excluding carboxylic acids is 1. The highest BCUT2D eigenvalue weighted by molar-refractivity contribution is 5.85. The first-order valence-corrected chi connectivity index (χ1v) is 14.0. The zero-order valence-electron chi connectivity index (χ0n) is 24.1. The predicted octanol–water partition coefficient (Wildman–Crippen LogP) is 4.03. The number of aliphatic carboxylic acids is 2. The molecule has 2 atom stereocenters. The maximum atomic E-state index is 13.9. The maximum Gasteiger partial charge on any atom is 0.490 e. The standard InChI is InChI=1S/C24H30N4O3.2C2HF3O2/c1-26-20(7-9-25-26)19-14-27(12-18-5-6-21-22(11-18)31-16-30-21)15-24(19)8-2-10-28(23(24)29)13-17-3-4-17;2*3-2(4,5)1(6)7/h5-7,9,11,17,19H,2-4,8,10,12-16H2,1H3;2*(H,6,7)/t19-,24+;;/m0../s1. The topological polar surface area (TPSA) is 134 Å². The number of benzene rings is 1. The van der Waals surface area contributed by atoms with Crippen LogP contribution in [0.1, 0.15) is 42.9 Å². The van der Waals surface area contributed by atoms with Crippen LogP contribution in [0.3, 0.4) is 0 Å². The van der Waals surface area contributed by atoms with E-state index >= 15 is 0 Å². The first-order chi connectivity index (χ1) is 21.0. The molecule has 1 saturated carbocycles. The quantitative estimate of drug-likeness (QED) is 0.460. The third kappa shape index (κ3) is 8.18. The van der Waals surface area contributed by atoms with E-state index in [1.54, 1.807) is 0 Å². The number of carbonyl (C=O) groups is 3. The number of piperidine rings is 1. The summed E-state index contributed by atoms with van der Waals surface area (Å²) in [6.45, 7) is 4.63. The van der Waals surface area contributed by atoms with Crippen molar-refractivity contribution in [3.63, 3.8) is 0 Å². The Labute approximate surface area is 253 Å². The number of ether oxygens (including phenoxy) is 2. The Hall–Kier alpha value is -4.02. The highest BCUT2D eigenvalue weighted by atomic mass is 19.4. The number of aromatic nitrogens is 2. The molecule has 0 unspecified atom stereocenters. The van der Waals surface area contributed by atoms with Gasteiger partial charge in [0.05, 0.1) is 5.41 Å². The van der Waals surface area contributed by atoms with Gasteiger partial charge in [-0.3, -0.25) is 14.4 Å². The smallest absolute Gasteiger partial charge is 0.475 e. The van der Waals surface area contributed by atoms with Gasteiger partial charge in [0.25, 0.3) is 0 Å². The lowest BCUT2D eigenvalue weighted by Gasteiger charge is -2.42. The van der Waals surface area contributed by atoms with Crippen LogP contribution in [0.2, 0.25) is 0 Å². The Morgan fingerprint density at radius 1 is 1.02 bits per heavy atom. The molecule has 17 heteroatoms. The van der Waals surface area contributed by atoms with Crippen molar-refractivity contribution in [2.75, 3.05) is 33.0 Å². The summed E-state index contributed by atoms with van der Waals surface area (Å²) in [5.41, 5.74) is 2.02. The molecule has 2 saturated heterocycles. The van der Waals surface area contributed by atoms with Crippen molar-refractivity contribution in [2.24, 2.45) is 18.4 Å². The number of nitrogens with zero attached hydrogens (tertiary/aromatic N) is 4. The number of rotatable bonds is 5. The number of halogens is 6. The van der Waals surface area contributed by atoms with Gasteiger partial charge in [0.15, 0.2) is 11.5 Å². The number of carboxylic acids is 2. The van der Waals surface area contributed by atoms with Crippen LogP contribution in [0.15, 0.2) is 30.5 Å². The second kappa shape index (κ2) is 13.1. The molecule has 45 heavy (non-hydrogen) atoms. The van der Waals surface area contributed by atoms with Gasteiger partial charge >= 0.3 is 24.3 Å². The van der Waals surface area contributed by atoms with E-state index in [9.17, 15) is 31.1 Å². The molecule has 4 aliphatic rings. The lowest BCUT2D eigenvalue weighted by Crippen LogP contribution is -2.52. The van der Waals surface area contributed by atoms with E-state index in [-0.39, 0.29) is 11.3 Å². The molecule has 11 nitrogen and oxygen atoms in total. The van der Waals surface area contributed by atoms with E-state index in [0.29, 0.717) is 12.7 Å². The highest BCUT2D eigenvalue weighted by Gasteiger charge is 2.56. The number of hydrogen-bond acceptors (Lipinski definition) is 7. The Morgan fingerprint density at radius 3 is 2.20 bits per heavy atom. The molecule has 2 N–H and O–H groups in total. The van der Waals surface area contributed by atoms with Crippen LogP contribution in [0.4, 0.5) is 26.3 Å². The Morgan fingerprint density at radius 2 is 1.64 bits per heavy atom. The summed E-state index contributed by atoms with van der Waals surface area (Å²) in [5, 5.41) is 18.7. The van der Waals surface area contributed by atoms with Crippen LogP contribution in [0.25, 0.3) is 0 Å². The summed E-state index contributed by atoms with van der Waals surface area (Å²) >= 11 is 0. The summed E-state index contributed by atoms with van der Waals surface area (Å²) in [6.07, 6.45) is -3.71. The van der Waals surface area contributed by atoms with Crippen LogP contribution in [0, 0.1) is 11.3 Å². The summed E-state index contributed by atoms with van der Waals surface area (Å²) in [5.74, 6) is -2.62. The molecular formula is C28H32F6N4O7. The Bertz CT molecular complexity index is 1370. The molecule has 4 heterocycles. The van der Waals surface area contributed by atoms with Crippen LogP contribution in [-0.4, -0.2) is 93.0 Å². The predicted molar refractivity (Wildman–Crippen MR) is 142 cm³/mol. The summed E-state index contributed by atoms with van der Waals surface area (Å²) in [7, 11) is 2.00. The third-order valence-electron chi connectivity index (χ3n) is 8.10. The molecule has 2 aromatic rings. The molecule has 0 bridgehead atoms. The first-order valence-electron chi connectivity index (χ1n) is 14.0. The van der Waals surface area contributed by atoms with Gasteiger partial charge in [-0.25, -0.2) is 9.59 Å². The fourth-order valence-corrected chi connectivity index (χ4v) is 5.89. The van der Waals surface area contributed by atoms with Gasteiger partial charge in [-0.2, -0.15) is 31.4 Å². The second-order valence-electron chi connectivity index (χ2n) is 11.3. The molecule has 1 aliphatic carbocycles. The number of alkyl halides is 6. The Balaban J connectivity index is 0.000000277. The fourth-order valence-electron chi connectivity index (χ4n) is 5.89. The average Bonchev–Trinajstić information content (AvgIpc) is 3.30. The van der Waals surface area contributed by atoms with Gasteiger partial charge < -0.3 is 24.6 Å². The maximum absolute atomic E-state index is 13.9. The molecule has 6 rings (SSSR count).